The second-order valence-corrected chi connectivity index (χ2v) is 6.30. The lowest BCUT2D eigenvalue weighted by Crippen LogP contribution is -2.53. The number of hydrogen-bond donors (Lipinski definition) is 0. The van der Waals surface area contributed by atoms with E-state index in [1.54, 1.807) is 6.92 Å². The summed E-state index contributed by atoms with van der Waals surface area (Å²) in [5, 5.41) is 0. The van der Waals surface area contributed by atoms with Crippen molar-refractivity contribution in [2.75, 3.05) is 13.7 Å². The Hall–Kier alpha value is -1.44. The van der Waals surface area contributed by atoms with E-state index in [0.717, 1.165) is 5.57 Å². The zero-order chi connectivity index (χ0) is 17.2. The molecule has 0 saturated carbocycles. The molecule has 2 rings (SSSR count). The first kappa shape index (κ1) is 17.9. The summed E-state index contributed by atoms with van der Waals surface area (Å²) in [6.07, 6.45) is 0.164. The van der Waals surface area contributed by atoms with Gasteiger partial charge in [0, 0.05) is 13.0 Å². The average molecular weight is 328 g/mol. The van der Waals surface area contributed by atoms with E-state index in [0.29, 0.717) is 13.0 Å². The van der Waals surface area contributed by atoms with Gasteiger partial charge in [0.15, 0.2) is 11.9 Å². The first-order valence-corrected chi connectivity index (χ1v) is 7.61. The van der Waals surface area contributed by atoms with Gasteiger partial charge in [-0.1, -0.05) is 5.57 Å². The number of carbonyl (C=O) groups is 2. The first-order chi connectivity index (χ1) is 10.7. The molecule has 2 saturated heterocycles. The molecule has 0 aromatic carbocycles. The average Bonchev–Trinajstić information content (AvgIpc) is 2.75. The molecular weight excluding hydrogens is 304 g/mol. The fourth-order valence-electron chi connectivity index (χ4n) is 2.94. The van der Waals surface area contributed by atoms with Crippen LogP contribution in [0.2, 0.25) is 0 Å². The molecule has 0 amide bonds. The molecule has 2 fully saturated rings. The number of esters is 2. The van der Waals surface area contributed by atoms with E-state index in [4.69, 9.17) is 18.9 Å². The van der Waals surface area contributed by atoms with Gasteiger partial charge in [0.1, 0.15) is 18.3 Å². The molecule has 23 heavy (non-hydrogen) atoms. The van der Waals surface area contributed by atoms with Crippen LogP contribution >= 0.6 is 0 Å². The highest BCUT2D eigenvalue weighted by Gasteiger charge is 2.52. The number of methoxy groups -OCH3 is 1. The Bertz CT molecular complexity index is 497. The van der Waals surface area contributed by atoms with Crippen LogP contribution in [-0.4, -0.2) is 55.9 Å². The second-order valence-electron chi connectivity index (χ2n) is 6.30. The molecule has 0 N–H and O–H groups in total. The Balaban J connectivity index is 2.13. The lowest BCUT2D eigenvalue weighted by Gasteiger charge is -2.37. The fourth-order valence-corrected chi connectivity index (χ4v) is 2.94. The molecular formula is C16H24O7. The smallest absolute Gasteiger partial charge is 0.330 e. The van der Waals surface area contributed by atoms with Crippen molar-refractivity contribution in [1.82, 2.24) is 0 Å². The van der Waals surface area contributed by atoms with Gasteiger partial charge >= 0.3 is 11.9 Å². The van der Waals surface area contributed by atoms with Gasteiger partial charge < -0.3 is 23.7 Å². The molecule has 0 aliphatic carbocycles. The number of fused-ring (bicyclic) bond motifs is 1. The largest absolute Gasteiger partial charge is 0.466 e. The fraction of sp³-hybridized carbons (Fsp3) is 0.750. The summed E-state index contributed by atoms with van der Waals surface area (Å²) in [6, 6.07) is 0. The minimum absolute atomic E-state index is 0.282. The molecule has 4 unspecified atom stereocenters. The summed E-state index contributed by atoms with van der Waals surface area (Å²) in [7, 11) is 1.32. The van der Waals surface area contributed by atoms with Crippen molar-refractivity contribution in [1.29, 1.82) is 0 Å². The number of ether oxygens (including phenoxy) is 5. The van der Waals surface area contributed by atoms with Gasteiger partial charge in [0.25, 0.3) is 0 Å². The van der Waals surface area contributed by atoms with Crippen molar-refractivity contribution in [2.45, 2.75) is 64.3 Å². The summed E-state index contributed by atoms with van der Waals surface area (Å²) < 4.78 is 27.5. The third-order valence-corrected chi connectivity index (χ3v) is 3.78. The molecule has 7 nitrogen and oxygen atoms in total. The molecule has 4 atom stereocenters. The summed E-state index contributed by atoms with van der Waals surface area (Å²) in [4.78, 5) is 22.8. The van der Waals surface area contributed by atoms with Crippen LogP contribution in [0.5, 0.6) is 0 Å². The molecule has 0 bridgehead atoms. The van der Waals surface area contributed by atoms with E-state index >= 15 is 0 Å². The summed E-state index contributed by atoms with van der Waals surface area (Å²) >= 11 is 0. The number of carbonyl (C=O) groups excluding carboxylic acids is 2. The number of hydrogen-bond acceptors (Lipinski definition) is 7. The van der Waals surface area contributed by atoms with Crippen LogP contribution in [0.25, 0.3) is 0 Å². The highest BCUT2D eigenvalue weighted by molar-refractivity contribution is 5.82. The Morgan fingerprint density at radius 1 is 1.26 bits per heavy atom. The highest BCUT2D eigenvalue weighted by atomic mass is 16.8. The van der Waals surface area contributed by atoms with Gasteiger partial charge in [-0.05, 0) is 27.2 Å². The maximum atomic E-state index is 11.5. The topological polar surface area (TPSA) is 80.3 Å². The van der Waals surface area contributed by atoms with Crippen LogP contribution in [0.1, 0.15) is 34.1 Å². The van der Waals surface area contributed by atoms with Crippen LogP contribution in [0.3, 0.4) is 0 Å². The van der Waals surface area contributed by atoms with Gasteiger partial charge in [0.2, 0.25) is 0 Å². The standard InChI is InChI=1S/C16H24O7/c1-9(7-13(18)19-5)6-11-14(21-10(2)17)15-12(8-20-11)22-16(3,4)23-15/h7,11-12,14-15H,6,8H2,1-5H3/b9-7+. The quantitative estimate of drug-likeness (QED) is 0.569. The third-order valence-electron chi connectivity index (χ3n) is 3.78. The van der Waals surface area contributed by atoms with Crippen molar-refractivity contribution in [2.24, 2.45) is 0 Å². The van der Waals surface area contributed by atoms with Crippen LogP contribution in [-0.2, 0) is 33.3 Å². The predicted octanol–water partition coefficient (Wildman–Crippen LogP) is 1.35. The Morgan fingerprint density at radius 2 is 1.96 bits per heavy atom. The van der Waals surface area contributed by atoms with Crippen molar-refractivity contribution in [3.63, 3.8) is 0 Å². The SMILES string of the molecule is COC(=O)/C=C(\C)CC1OCC2OC(C)(C)OC2C1OC(C)=O. The van der Waals surface area contributed by atoms with Crippen molar-refractivity contribution < 1.29 is 33.3 Å². The van der Waals surface area contributed by atoms with E-state index in [1.807, 2.05) is 13.8 Å². The summed E-state index contributed by atoms with van der Waals surface area (Å²) in [5.74, 6) is -1.59. The van der Waals surface area contributed by atoms with Crippen LogP contribution in [0.15, 0.2) is 11.6 Å². The monoisotopic (exact) mass is 328 g/mol. The van der Waals surface area contributed by atoms with Crippen molar-refractivity contribution in [3.05, 3.63) is 11.6 Å². The van der Waals surface area contributed by atoms with Crippen LogP contribution in [0.4, 0.5) is 0 Å². The predicted molar refractivity (Wildman–Crippen MR) is 79.5 cm³/mol. The lowest BCUT2D eigenvalue weighted by molar-refractivity contribution is -0.189. The van der Waals surface area contributed by atoms with E-state index < -0.39 is 36.0 Å². The van der Waals surface area contributed by atoms with E-state index in [2.05, 4.69) is 4.74 Å². The molecule has 2 aliphatic heterocycles. The molecule has 0 aromatic rings. The van der Waals surface area contributed by atoms with Gasteiger partial charge in [-0.2, -0.15) is 0 Å². The maximum Gasteiger partial charge on any atom is 0.330 e. The number of rotatable bonds is 4. The van der Waals surface area contributed by atoms with Crippen LogP contribution in [0, 0.1) is 0 Å². The maximum absolute atomic E-state index is 11.5. The van der Waals surface area contributed by atoms with E-state index in [9.17, 15) is 9.59 Å². The van der Waals surface area contributed by atoms with Gasteiger partial charge in [-0.25, -0.2) is 4.79 Å². The van der Waals surface area contributed by atoms with Crippen molar-refractivity contribution >= 4 is 11.9 Å². The van der Waals surface area contributed by atoms with E-state index in [-0.39, 0.29) is 6.10 Å². The van der Waals surface area contributed by atoms with E-state index in [1.165, 1.54) is 20.1 Å². The molecule has 0 radical (unpaired) electrons. The van der Waals surface area contributed by atoms with Crippen molar-refractivity contribution in [3.8, 4) is 0 Å². The Labute approximate surface area is 135 Å². The molecule has 2 aliphatic rings. The summed E-state index contributed by atoms with van der Waals surface area (Å²) in [6.45, 7) is 7.12. The molecule has 7 heteroatoms. The molecule has 130 valence electrons. The van der Waals surface area contributed by atoms with Crippen LogP contribution < -0.4 is 0 Å². The lowest BCUT2D eigenvalue weighted by atomic mass is 9.95. The Morgan fingerprint density at radius 3 is 2.57 bits per heavy atom. The third kappa shape index (κ3) is 4.53. The molecule has 0 spiro atoms. The van der Waals surface area contributed by atoms with Gasteiger partial charge in [-0.15, -0.1) is 0 Å². The minimum atomic E-state index is -0.747. The van der Waals surface area contributed by atoms with Gasteiger partial charge in [-0.3, -0.25) is 4.79 Å². The zero-order valence-corrected chi connectivity index (χ0v) is 14.2. The van der Waals surface area contributed by atoms with Gasteiger partial charge in [0.05, 0.1) is 13.7 Å². The Kier molecular flexibility index (Phi) is 5.44. The molecule has 0 aromatic heterocycles. The summed E-state index contributed by atoms with van der Waals surface area (Å²) in [5.41, 5.74) is 0.774. The highest BCUT2D eigenvalue weighted by Crippen LogP contribution is 2.37. The normalized spacial score (nSPS) is 33.0. The molecule has 2 heterocycles. The minimum Gasteiger partial charge on any atom is -0.466 e. The zero-order valence-electron chi connectivity index (χ0n) is 14.2. The first-order valence-electron chi connectivity index (χ1n) is 7.61. The second kappa shape index (κ2) is 6.98.